The van der Waals surface area contributed by atoms with Crippen LogP contribution in [0.2, 0.25) is 0 Å². The molecule has 0 spiro atoms. The average molecular weight is 171 g/mol. The first-order valence-corrected chi connectivity index (χ1v) is 4.54. The standard InChI is InChI=1S/C9H17NO2/c1-12-8(11)9(5-6-9)4-2-3-7-10/h2-7,10H2,1H3. The van der Waals surface area contributed by atoms with Gasteiger partial charge in [0.05, 0.1) is 12.5 Å². The number of unbranched alkanes of at least 4 members (excludes halogenated alkanes) is 1. The molecule has 3 heteroatoms. The largest absolute Gasteiger partial charge is 0.469 e. The summed E-state index contributed by atoms with van der Waals surface area (Å²) in [5.41, 5.74) is 5.26. The summed E-state index contributed by atoms with van der Waals surface area (Å²) < 4.78 is 4.74. The van der Waals surface area contributed by atoms with E-state index in [0.717, 1.165) is 38.6 Å². The number of carbonyl (C=O) groups is 1. The molecule has 0 unspecified atom stereocenters. The molecule has 1 aliphatic rings. The Labute approximate surface area is 73.3 Å². The van der Waals surface area contributed by atoms with Crippen LogP contribution in [0.5, 0.6) is 0 Å². The molecule has 3 nitrogen and oxygen atoms in total. The van der Waals surface area contributed by atoms with Crippen LogP contribution in [0.15, 0.2) is 0 Å². The lowest BCUT2D eigenvalue weighted by Gasteiger charge is -2.10. The van der Waals surface area contributed by atoms with Gasteiger partial charge in [0.1, 0.15) is 0 Å². The van der Waals surface area contributed by atoms with E-state index in [1.54, 1.807) is 0 Å². The summed E-state index contributed by atoms with van der Waals surface area (Å²) in [6.45, 7) is 0.719. The fraction of sp³-hybridized carbons (Fsp3) is 0.889. The molecule has 0 aliphatic heterocycles. The Morgan fingerprint density at radius 3 is 2.58 bits per heavy atom. The average Bonchev–Trinajstić information content (AvgIpc) is 2.85. The highest BCUT2D eigenvalue weighted by Gasteiger charge is 2.49. The van der Waals surface area contributed by atoms with E-state index in [4.69, 9.17) is 10.5 Å². The summed E-state index contributed by atoms with van der Waals surface area (Å²) in [6.07, 6.45) is 5.02. The maximum atomic E-state index is 11.2. The van der Waals surface area contributed by atoms with Crippen LogP contribution >= 0.6 is 0 Å². The van der Waals surface area contributed by atoms with Crippen LogP contribution < -0.4 is 5.73 Å². The lowest BCUT2D eigenvalue weighted by molar-refractivity contribution is -0.147. The van der Waals surface area contributed by atoms with Crippen LogP contribution in [0.3, 0.4) is 0 Å². The molecular weight excluding hydrogens is 154 g/mol. The predicted molar refractivity (Wildman–Crippen MR) is 46.6 cm³/mol. The summed E-state index contributed by atoms with van der Waals surface area (Å²) in [7, 11) is 1.46. The Kier molecular flexibility index (Phi) is 3.09. The number of esters is 1. The van der Waals surface area contributed by atoms with Gasteiger partial charge in [0.25, 0.3) is 0 Å². The van der Waals surface area contributed by atoms with Gasteiger partial charge in [-0.3, -0.25) is 4.79 Å². The molecule has 2 N–H and O–H groups in total. The Morgan fingerprint density at radius 2 is 2.17 bits per heavy atom. The molecule has 0 saturated heterocycles. The molecular formula is C9H17NO2. The fourth-order valence-corrected chi connectivity index (χ4v) is 1.53. The maximum absolute atomic E-state index is 11.2. The summed E-state index contributed by atoms with van der Waals surface area (Å²) in [6, 6.07) is 0. The zero-order chi connectivity index (χ0) is 9.03. The lowest BCUT2D eigenvalue weighted by atomic mass is 9.99. The van der Waals surface area contributed by atoms with Crippen molar-refractivity contribution in [1.29, 1.82) is 0 Å². The minimum atomic E-state index is -0.107. The Morgan fingerprint density at radius 1 is 1.50 bits per heavy atom. The molecule has 1 fully saturated rings. The zero-order valence-electron chi connectivity index (χ0n) is 7.64. The first-order chi connectivity index (χ1) is 5.75. The smallest absolute Gasteiger partial charge is 0.311 e. The molecule has 0 bridgehead atoms. The van der Waals surface area contributed by atoms with Crippen LogP contribution in [-0.2, 0) is 9.53 Å². The molecule has 1 rings (SSSR count). The second-order valence-electron chi connectivity index (χ2n) is 3.52. The molecule has 0 heterocycles. The molecule has 0 aromatic carbocycles. The molecule has 0 amide bonds. The highest BCUT2D eigenvalue weighted by atomic mass is 16.5. The van der Waals surface area contributed by atoms with Gasteiger partial charge in [-0.05, 0) is 32.2 Å². The number of rotatable bonds is 5. The topological polar surface area (TPSA) is 52.3 Å². The minimum absolute atomic E-state index is 0.0282. The summed E-state index contributed by atoms with van der Waals surface area (Å²) in [4.78, 5) is 11.2. The van der Waals surface area contributed by atoms with E-state index >= 15 is 0 Å². The summed E-state index contributed by atoms with van der Waals surface area (Å²) in [5.74, 6) is -0.0282. The summed E-state index contributed by atoms with van der Waals surface area (Å²) >= 11 is 0. The second kappa shape index (κ2) is 3.90. The van der Waals surface area contributed by atoms with Crippen molar-refractivity contribution in [3.63, 3.8) is 0 Å². The van der Waals surface area contributed by atoms with Gasteiger partial charge in [0.15, 0.2) is 0 Å². The van der Waals surface area contributed by atoms with Gasteiger partial charge in [-0.2, -0.15) is 0 Å². The van der Waals surface area contributed by atoms with Crippen molar-refractivity contribution in [3.8, 4) is 0 Å². The normalized spacial score (nSPS) is 18.8. The minimum Gasteiger partial charge on any atom is -0.469 e. The monoisotopic (exact) mass is 171 g/mol. The number of ether oxygens (including phenoxy) is 1. The molecule has 0 aromatic rings. The highest BCUT2D eigenvalue weighted by molar-refractivity contribution is 5.79. The van der Waals surface area contributed by atoms with Crippen molar-refractivity contribution in [3.05, 3.63) is 0 Å². The lowest BCUT2D eigenvalue weighted by Crippen LogP contribution is -2.17. The van der Waals surface area contributed by atoms with Crippen molar-refractivity contribution in [2.24, 2.45) is 11.1 Å². The number of hydrogen-bond acceptors (Lipinski definition) is 3. The van der Waals surface area contributed by atoms with Gasteiger partial charge in [-0.15, -0.1) is 0 Å². The van der Waals surface area contributed by atoms with Crippen LogP contribution in [0.25, 0.3) is 0 Å². The third-order valence-corrected chi connectivity index (χ3v) is 2.58. The molecule has 70 valence electrons. The van der Waals surface area contributed by atoms with Gasteiger partial charge in [-0.25, -0.2) is 0 Å². The van der Waals surface area contributed by atoms with E-state index in [-0.39, 0.29) is 11.4 Å². The van der Waals surface area contributed by atoms with Gasteiger partial charge in [0, 0.05) is 0 Å². The quantitative estimate of drug-likeness (QED) is 0.497. The SMILES string of the molecule is COC(=O)C1(CCCCN)CC1. The van der Waals surface area contributed by atoms with Gasteiger partial charge >= 0.3 is 5.97 Å². The molecule has 1 aliphatic carbocycles. The van der Waals surface area contributed by atoms with Crippen molar-refractivity contribution >= 4 is 5.97 Å². The van der Waals surface area contributed by atoms with Gasteiger partial charge in [-0.1, -0.05) is 6.42 Å². The Balaban J connectivity index is 2.25. The van der Waals surface area contributed by atoms with E-state index in [1.165, 1.54) is 7.11 Å². The number of methoxy groups -OCH3 is 1. The third kappa shape index (κ3) is 1.97. The van der Waals surface area contributed by atoms with Gasteiger partial charge < -0.3 is 10.5 Å². The zero-order valence-corrected chi connectivity index (χ0v) is 7.64. The number of nitrogens with two attached hydrogens (primary N) is 1. The number of carbonyl (C=O) groups excluding carboxylic acids is 1. The van der Waals surface area contributed by atoms with Crippen LogP contribution in [-0.4, -0.2) is 19.6 Å². The van der Waals surface area contributed by atoms with Crippen LogP contribution in [0.4, 0.5) is 0 Å². The second-order valence-corrected chi connectivity index (χ2v) is 3.52. The highest BCUT2D eigenvalue weighted by Crippen LogP contribution is 2.50. The van der Waals surface area contributed by atoms with Crippen LogP contribution in [0, 0.1) is 5.41 Å². The van der Waals surface area contributed by atoms with Crippen molar-refractivity contribution in [1.82, 2.24) is 0 Å². The van der Waals surface area contributed by atoms with E-state index < -0.39 is 0 Å². The summed E-state index contributed by atoms with van der Waals surface area (Å²) in [5, 5.41) is 0. The van der Waals surface area contributed by atoms with E-state index in [1.807, 2.05) is 0 Å². The van der Waals surface area contributed by atoms with Crippen LogP contribution in [0.1, 0.15) is 32.1 Å². The third-order valence-electron chi connectivity index (χ3n) is 2.58. The van der Waals surface area contributed by atoms with E-state index in [9.17, 15) is 4.79 Å². The van der Waals surface area contributed by atoms with E-state index in [2.05, 4.69) is 0 Å². The van der Waals surface area contributed by atoms with Crippen molar-refractivity contribution in [2.75, 3.05) is 13.7 Å². The Bertz CT molecular complexity index is 164. The fourth-order valence-electron chi connectivity index (χ4n) is 1.53. The van der Waals surface area contributed by atoms with E-state index in [0.29, 0.717) is 0 Å². The van der Waals surface area contributed by atoms with Crippen molar-refractivity contribution in [2.45, 2.75) is 32.1 Å². The maximum Gasteiger partial charge on any atom is 0.311 e. The molecule has 0 aromatic heterocycles. The Hall–Kier alpha value is -0.570. The first-order valence-electron chi connectivity index (χ1n) is 4.54. The number of hydrogen-bond donors (Lipinski definition) is 1. The molecule has 12 heavy (non-hydrogen) atoms. The molecule has 0 atom stereocenters. The van der Waals surface area contributed by atoms with Crippen molar-refractivity contribution < 1.29 is 9.53 Å². The predicted octanol–water partition coefficient (Wildman–Crippen LogP) is 1.07. The molecule has 0 radical (unpaired) electrons. The molecule has 1 saturated carbocycles. The first kappa shape index (κ1) is 9.52. The van der Waals surface area contributed by atoms with Gasteiger partial charge in [0.2, 0.25) is 0 Å².